The number of aromatic nitrogens is 1. The second-order valence-corrected chi connectivity index (χ2v) is 7.38. The minimum absolute atomic E-state index is 0.218. The van der Waals surface area contributed by atoms with Crippen LogP contribution in [0.15, 0.2) is 77.9 Å². The maximum absolute atomic E-state index is 13.1. The van der Waals surface area contributed by atoms with Crippen molar-refractivity contribution in [1.82, 2.24) is 9.88 Å². The zero-order chi connectivity index (χ0) is 21.5. The molecule has 1 aliphatic rings. The van der Waals surface area contributed by atoms with Crippen molar-refractivity contribution >= 4 is 11.6 Å². The zero-order valence-corrected chi connectivity index (χ0v) is 17.3. The van der Waals surface area contributed by atoms with E-state index in [2.05, 4.69) is 19.8 Å². The van der Waals surface area contributed by atoms with Gasteiger partial charge in [-0.15, -0.1) is 0 Å². The third-order valence-corrected chi connectivity index (χ3v) is 5.23. The molecule has 160 valence electrons. The number of nitrogens with zero attached hydrogens (tertiary/aromatic N) is 4. The number of halogens is 1. The van der Waals surface area contributed by atoms with Crippen LogP contribution in [0.2, 0.25) is 0 Å². The van der Waals surface area contributed by atoms with Crippen LogP contribution in [0.5, 0.6) is 5.75 Å². The molecule has 4 rings (SSSR count). The van der Waals surface area contributed by atoms with Crippen LogP contribution in [0.25, 0.3) is 0 Å². The number of ether oxygens (including phenoxy) is 1. The zero-order valence-electron chi connectivity index (χ0n) is 17.3. The minimum atomic E-state index is -0.218. The van der Waals surface area contributed by atoms with E-state index in [-0.39, 0.29) is 5.82 Å². The normalized spacial score (nSPS) is 14.5. The van der Waals surface area contributed by atoms with Crippen molar-refractivity contribution in [2.45, 2.75) is 13.2 Å². The van der Waals surface area contributed by atoms with Gasteiger partial charge in [-0.25, -0.2) is 9.38 Å². The number of guanidine groups is 1. The van der Waals surface area contributed by atoms with Gasteiger partial charge in [0, 0.05) is 38.1 Å². The first-order valence-electron chi connectivity index (χ1n) is 10.3. The van der Waals surface area contributed by atoms with Gasteiger partial charge in [-0.2, -0.15) is 0 Å². The molecule has 7 heteroatoms. The lowest BCUT2D eigenvalue weighted by molar-refractivity contribution is 0.301. The van der Waals surface area contributed by atoms with Gasteiger partial charge < -0.3 is 20.3 Å². The van der Waals surface area contributed by atoms with Gasteiger partial charge in [-0.3, -0.25) is 4.98 Å². The summed E-state index contributed by atoms with van der Waals surface area (Å²) in [4.78, 5) is 13.2. The molecule has 1 saturated heterocycles. The van der Waals surface area contributed by atoms with E-state index < -0.39 is 0 Å². The van der Waals surface area contributed by atoms with Crippen molar-refractivity contribution in [2.24, 2.45) is 10.7 Å². The van der Waals surface area contributed by atoms with Crippen molar-refractivity contribution in [3.63, 3.8) is 0 Å². The monoisotopic (exact) mass is 419 g/mol. The standard InChI is InChI=1S/C24H26FN5O/c25-20-7-9-22(10-8-20)29-12-14-30(15-13-29)24(26)28-17-19-4-3-6-23(16-19)31-18-21-5-1-2-11-27-21/h1-11,16H,12-15,17-18H2,(H2,26,28). The molecular formula is C24H26FN5O. The number of hydrogen-bond donors (Lipinski definition) is 1. The molecule has 1 aromatic heterocycles. The van der Waals surface area contributed by atoms with E-state index in [0.29, 0.717) is 19.1 Å². The highest BCUT2D eigenvalue weighted by atomic mass is 19.1. The summed E-state index contributed by atoms with van der Waals surface area (Å²) >= 11 is 0. The summed E-state index contributed by atoms with van der Waals surface area (Å²) in [5.74, 6) is 1.10. The summed E-state index contributed by atoms with van der Waals surface area (Å²) in [6.45, 7) is 4.11. The van der Waals surface area contributed by atoms with Crippen LogP contribution in [-0.2, 0) is 13.2 Å². The van der Waals surface area contributed by atoms with Crippen molar-refractivity contribution < 1.29 is 9.13 Å². The van der Waals surface area contributed by atoms with Gasteiger partial charge in [-0.05, 0) is 54.1 Å². The summed E-state index contributed by atoms with van der Waals surface area (Å²) in [6, 6.07) is 20.2. The van der Waals surface area contributed by atoms with E-state index in [9.17, 15) is 4.39 Å². The number of benzene rings is 2. The van der Waals surface area contributed by atoms with Crippen molar-refractivity contribution in [1.29, 1.82) is 0 Å². The molecule has 3 aromatic rings. The lowest BCUT2D eigenvalue weighted by atomic mass is 10.2. The van der Waals surface area contributed by atoms with Gasteiger partial charge in [0.05, 0.1) is 12.2 Å². The van der Waals surface area contributed by atoms with Crippen molar-refractivity contribution in [3.05, 3.63) is 90.0 Å². The molecule has 6 nitrogen and oxygen atoms in total. The quantitative estimate of drug-likeness (QED) is 0.490. The fourth-order valence-electron chi connectivity index (χ4n) is 3.49. The molecule has 2 aromatic carbocycles. The Morgan fingerprint density at radius 2 is 1.81 bits per heavy atom. The molecule has 0 unspecified atom stereocenters. The Bertz CT molecular complexity index is 1000. The minimum Gasteiger partial charge on any atom is -0.487 e. The smallest absolute Gasteiger partial charge is 0.191 e. The summed E-state index contributed by atoms with van der Waals surface area (Å²) in [6.07, 6.45) is 1.76. The average Bonchev–Trinajstić information content (AvgIpc) is 2.83. The maximum Gasteiger partial charge on any atom is 0.191 e. The Morgan fingerprint density at radius 1 is 1.00 bits per heavy atom. The molecule has 31 heavy (non-hydrogen) atoms. The van der Waals surface area contributed by atoms with Gasteiger partial charge in [0.25, 0.3) is 0 Å². The fraction of sp³-hybridized carbons (Fsp3) is 0.250. The second kappa shape index (κ2) is 9.93. The first kappa shape index (κ1) is 20.7. The number of anilines is 1. The molecule has 1 fully saturated rings. The molecule has 0 spiro atoms. The predicted molar refractivity (Wildman–Crippen MR) is 121 cm³/mol. The van der Waals surface area contributed by atoms with Gasteiger partial charge in [0.2, 0.25) is 0 Å². The summed E-state index contributed by atoms with van der Waals surface area (Å²) < 4.78 is 19.0. The SMILES string of the molecule is NC(=NCc1cccc(OCc2ccccn2)c1)N1CCN(c2ccc(F)cc2)CC1. The molecule has 0 amide bonds. The van der Waals surface area contributed by atoms with Crippen LogP contribution < -0.4 is 15.4 Å². The van der Waals surface area contributed by atoms with E-state index in [1.807, 2.05) is 54.6 Å². The van der Waals surface area contributed by atoms with Gasteiger partial charge in [0.15, 0.2) is 5.96 Å². The summed E-state index contributed by atoms with van der Waals surface area (Å²) in [5, 5.41) is 0. The highest BCUT2D eigenvalue weighted by Gasteiger charge is 2.18. The van der Waals surface area contributed by atoms with Crippen LogP contribution in [0.4, 0.5) is 10.1 Å². The average molecular weight is 420 g/mol. The molecule has 2 heterocycles. The van der Waals surface area contributed by atoms with E-state index in [4.69, 9.17) is 10.5 Å². The molecule has 0 atom stereocenters. The van der Waals surface area contributed by atoms with E-state index in [1.165, 1.54) is 12.1 Å². The molecule has 0 bridgehead atoms. The Hall–Kier alpha value is -3.61. The summed E-state index contributed by atoms with van der Waals surface area (Å²) in [5.41, 5.74) is 9.19. The van der Waals surface area contributed by atoms with Crippen molar-refractivity contribution in [3.8, 4) is 5.75 Å². The third kappa shape index (κ3) is 5.72. The van der Waals surface area contributed by atoms with Crippen LogP contribution in [-0.4, -0.2) is 42.0 Å². The number of nitrogens with two attached hydrogens (primary N) is 1. The molecule has 0 radical (unpaired) electrons. The van der Waals surface area contributed by atoms with Crippen LogP contribution >= 0.6 is 0 Å². The van der Waals surface area contributed by atoms with Crippen LogP contribution in [0.3, 0.4) is 0 Å². The molecule has 1 aliphatic heterocycles. The largest absolute Gasteiger partial charge is 0.487 e. The van der Waals surface area contributed by atoms with Crippen molar-refractivity contribution in [2.75, 3.05) is 31.1 Å². The molecular weight excluding hydrogens is 393 g/mol. The summed E-state index contributed by atoms with van der Waals surface area (Å²) in [7, 11) is 0. The Labute approximate surface area is 181 Å². The Morgan fingerprint density at radius 3 is 2.55 bits per heavy atom. The van der Waals surface area contributed by atoms with E-state index in [0.717, 1.165) is 48.9 Å². The predicted octanol–water partition coefficient (Wildman–Crippen LogP) is 3.44. The molecule has 0 saturated carbocycles. The number of piperazine rings is 1. The fourth-order valence-corrected chi connectivity index (χ4v) is 3.49. The highest BCUT2D eigenvalue weighted by molar-refractivity contribution is 5.78. The molecule has 2 N–H and O–H groups in total. The first-order chi connectivity index (χ1) is 15.2. The third-order valence-electron chi connectivity index (χ3n) is 5.23. The Balaban J connectivity index is 1.29. The van der Waals surface area contributed by atoms with E-state index in [1.54, 1.807) is 6.20 Å². The molecule has 0 aliphatic carbocycles. The first-order valence-corrected chi connectivity index (χ1v) is 10.3. The van der Waals surface area contributed by atoms with E-state index >= 15 is 0 Å². The second-order valence-electron chi connectivity index (χ2n) is 7.38. The number of pyridine rings is 1. The maximum atomic E-state index is 13.1. The Kier molecular flexibility index (Phi) is 6.62. The topological polar surface area (TPSA) is 67.0 Å². The van der Waals surface area contributed by atoms with Crippen LogP contribution in [0.1, 0.15) is 11.3 Å². The number of hydrogen-bond acceptors (Lipinski definition) is 4. The van der Waals surface area contributed by atoms with Crippen LogP contribution in [0, 0.1) is 5.82 Å². The lowest BCUT2D eigenvalue weighted by Crippen LogP contribution is -2.51. The van der Waals surface area contributed by atoms with Gasteiger partial charge in [-0.1, -0.05) is 18.2 Å². The van der Waals surface area contributed by atoms with Gasteiger partial charge in [0.1, 0.15) is 18.2 Å². The number of aliphatic imine (C=N–C) groups is 1. The van der Waals surface area contributed by atoms with Gasteiger partial charge >= 0.3 is 0 Å². The lowest BCUT2D eigenvalue weighted by Gasteiger charge is -2.36. The number of rotatable bonds is 6. The highest BCUT2D eigenvalue weighted by Crippen LogP contribution is 2.18.